The maximum atomic E-state index is 12.7. The van der Waals surface area contributed by atoms with Crippen LogP contribution in [-0.4, -0.2) is 30.6 Å². The van der Waals surface area contributed by atoms with Gasteiger partial charge in [0.1, 0.15) is 12.0 Å². The minimum atomic E-state index is 0.0234. The van der Waals surface area contributed by atoms with Crippen molar-refractivity contribution in [2.45, 2.75) is 51.6 Å². The predicted octanol–water partition coefficient (Wildman–Crippen LogP) is 5.89. The predicted molar refractivity (Wildman–Crippen MR) is 122 cm³/mol. The molecule has 0 spiro atoms. The van der Waals surface area contributed by atoms with Gasteiger partial charge in [0.2, 0.25) is 5.89 Å². The summed E-state index contributed by atoms with van der Waals surface area (Å²) in [5.41, 5.74) is 2.15. The normalized spacial score (nSPS) is 13.8. The molecule has 0 N–H and O–H groups in total. The van der Waals surface area contributed by atoms with E-state index in [2.05, 4.69) is 4.98 Å². The standard InChI is InChI=1S/C26H29NO5/c1-3-30-23-11-7-6-10-21(23)22(28)14-13-19-17-31-26(27-19)18-12-15-24(29-2)25(16-18)32-20-8-4-5-9-20/h6-7,10-12,15-17,20H,3-5,8-9,13-14H2,1-2H3. The van der Waals surface area contributed by atoms with Crippen LogP contribution in [0.1, 0.15) is 55.1 Å². The molecular formula is C26H29NO5. The lowest BCUT2D eigenvalue weighted by atomic mass is 10.0. The molecular weight excluding hydrogens is 406 g/mol. The lowest BCUT2D eigenvalue weighted by Gasteiger charge is -2.16. The summed E-state index contributed by atoms with van der Waals surface area (Å²) in [4.78, 5) is 17.3. The lowest BCUT2D eigenvalue weighted by Crippen LogP contribution is -2.11. The third kappa shape index (κ3) is 5.13. The lowest BCUT2D eigenvalue weighted by molar-refractivity contribution is 0.0979. The van der Waals surface area contributed by atoms with Crippen molar-refractivity contribution in [1.29, 1.82) is 0 Å². The van der Waals surface area contributed by atoms with Crippen molar-refractivity contribution in [2.75, 3.05) is 13.7 Å². The number of carbonyl (C=O) groups excluding carboxylic acids is 1. The van der Waals surface area contributed by atoms with Gasteiger partial charge >= 0.3 is 0 Å². The molecule has 0 aliphatic heterocycles. The number of methoxy groups -OCH3 is 1. The highest BCUT2D eigenvalue weighted by molar-refractivity contribution is 5.98. The van der Waals surface area contributed by atoms with Crippen molar-refractivity contribution >= 4 is 5.78 Å². The summed E-state index contributed by atoms with van der Waals surface area (Å²) >= 11 is 0. The van der Waals surface area contributed by atoms with Crippen LogP contribution in [0.3, 0.4) is 0 Å². The molecule has 1 fully saturated rings. The molecule has 0 unspecified atom stereocenters. The first-order valence-corrected chi connectivity index (χ1v) is 11.2. The van der Waals surface area contributed by atoms with Gasteiger partial charge in [-0.15, -0.1) is 0 Å². The highest BCUT2D eigenvalue weighted by Gasteiger charge is 2.20. The number of nitrogens with zero attached hydrogens (tertiary/aromatic N) is 1. The molecule has 32 heavy (non-hydrogen) atoms. The van der Waals surface area contributed by atoms with Crippen molar-refractivity contribution in [3.05, 3.63) is 60.0 Å². The number of ether oxygens (including phenoxy) is 3. The van der Waals surface area contributed by atoms with Crippen LogP contribution < -0.4 is 14.2 Å². The van der Waals surface area contributed by atoms with Gasteiger partial charge in [-0.05, 0) is 62.9 Å². The van der Waals surface area contributed by atoms with Gasteiger partial charge in [-0.1, -0.05) is 12.1 Å². The van der Waals surface area contributed by atoms with E-state index >= 15 is 0 Å². The van der Waals surface area contributed by atoms with Crippen LogP contribution in [0.2, 0.25) is 0 Å². The molecule has 1 aromatic heterocycles. The molecule has 1 aliphatic carbocycles. The molecule has 3 aromatic rings. The highest BCUT2D eigenvalue weighted by Crippen LogP contribution is 2.35. The number of carbonyl (C=O) groups is 1. The van der Waals surface area contributed by atoms with Gasteiger partial charge in [0.25, 0.3) is 0 Å². The van der Waals surface area contributed by atoms with E-state index < -0.39 is 0 Å². The Kier molecular flexibility index (Phi) is 7.10. The largest absolute Gasteiger partial charge is 0.493 e. The molecule has 0 saturated heterocycles. The molecule has 0 radical (unpaired) electrons. The SMILES string of the molecule is CCOc1ccccc1C(=O)CCc1coc(-c2ccc(OC)c(OC3CCCC3)c2)n1. The van der Waals surface area contributed by atoms with Crippen molar-refractivity contribution < 1.29 is 23.4 Å². The van der Waals surface area contributed by atoms with E-state index in [1.165, 1.54) is 12.8 Å². The number of rotatable bonds is 10. The molecule has 6 heteroatoms. The van der Waals surface area contributed by atoms with Gasteiger partial charge in [-0.3, -0.25) is 4.79 Å². The zero-order valence-corrected chi connectivity index (χ0v) is 18.6. The Morgan fingerprint density at radius 3 is 2.69 bits per heavy atom. The second-order valence-corrected chi connectivity index (χ2v) is 7.89. The van der Waals surface area contributed by atoms with Gasteiger partial charge in [-0.25, -0.2) is 4.98 Å². The fourth-order valence-corrected chi connectivity index (χ4v) is 4.00. The molecule has 1 saturated carbocycles. The summed E-state index contributed by atoms with van der Waals surface area (Å²) in [6.45, 7) is 2.42. The van der Waals surface area contributed by atoms with E-state index in [9.17, 15) is 4.79 Å². The Bertz CT molecular complexity index is 1050. The molecule has 0 atom stereocenters. The molecule has 1 heterocycles. The van der Waals surface area contributed by atoms with E-state index in [1.807, 2.05) is 43.3 Å². The van der Waals surface area contributed by atoms with Gasteiger partial charge in [0, 0.05) is 18.4 Å². The average Bonchev–Trinajstić information content (AvgIpc) is 3.50. The second kappa shape index (κ2) is 10.4. The molecule has 4 rings (SSSR count). The maximum Gasteiger partial charge on any atom is 0.226 e. The van der Waals surface area contributed by atoms with Crippen molar-refractivity contribution in [2.24, 2.45) is 0 Å². The molecule has 168 valence electrons. The van der Waals surface area contributed by atoms with Crippen LogP contribution in [0, 0.1) is 0 Å². The Labute approximate surface area is 188 Å². The topological polar surface area (TPSA) is 70.8 Å². The van der Waals surface area contributed by atoms with Gasteiger partial charge in [-0.2, -0.15) is 0 Å². The van der Waals surface area contributed by atoms with Crippen molar-refractivity contribution in [1.82, 2.24) is 4.98 Å². The fourth-order valence-electron chi connectivity index (χ4n) is 4.00. The zero-order chi connectivity index (χ0) is 22.3. The fraction of sp³-hybridized carbons (Fsp3) is 0.385. The van der Waals surface area contributed by atoms with Crippen LogP contribution in [0.5, 0.6) is 17.2 Å². The van der Waals surface area contributed by atoms with Crippen molar-refractivity contribution in [3.8, 4) is 28.7 Å². The van der Waals surface area contributed by atoms with Crippen LogP contribution >= 0.6 is 0 Å². The first kappa shape index (κ1) is 21.9. The minimum absolute atomic E-state index is 0.0234. The van der Waals surface area contributed by atoms with Gasteiger partial charge < -0.3 is 18.6 Å². The van der Waals surface area contributed by atoms with Crippen LogP contribution in [0.15, 0.2) is 53.1 Å². The second-order valence-electron chi connectivity index (χ2n) is 7.89. The van der Waals surface area contributed by atoms with Crippen LogP contribution in [-0.2, 0) is 6.42 Å². The number of Topliss-reactive ketones (excluding diaryl/α,β-unsaturated/α-hetero) is 1. The van der Waals surface area contributed by atoms with Crippen LogP contribution in [0.4, 0.5) is 0 Å². The van der Waals surface area contributed by atoms with Gasteiger partial charge in [0.15, 0.2) is 17.3 Å². The van der Waals surface area contributed by atoms with E-state index in [-0.39, 0.29) is 11.9 Å². The number of hydrogen-bond donors (Lipinski definition) is 0. The van der Waals surface area contributed by atoms with E-state index in [1.54, 1.807) is 19.4 Å². The third-order valence-electron chi connectivity index (χ3n) is 5.65. The molecule has 6 nitrogen and oxygen atoms in total. The number of benzene rings is 2. The Hall–Kier alpha value is -3.28. The Morgan fingerprint density at radius 2 is 1.91 bits per heavy atom. The Balaban J connectivity index is 1.44. The van der Waals surface area contributed by atoms with Gasteiger partial charge in [0.05, 0.1) is 31.1 Å². The van der Waals surface area contributed by atoms with Crippen LogP contribution in [0.25, 0.3) is 11.5 Å². The summed E-state index contributed by atoms with van der Waals surface area (Å²) < 4.78 is 22.9. The summed E-state index contributed by atoms with van der Waals surface area (Å²) in [6, 6.07) is 13.0. The number of hydrogen-bond acceptors (Lipinski definition) is 6. The summed E-state index contributed by atoms with van der Waals surface area (Å²) in [7, 11) is 1.64. The molecule has 0 bridgehead atoms. The number of aryl methyl sites for hydroxylation is 1. The van der Waals surface area contributed by atoms with E-state index in [0.717, 1.165) is 24.1 Å². The summed E-state index contributed by atoms with van der Waals surface area (Å²) in [5.74, 6) is 2.55. The quantitative estimate of drug-likeness (QED) is 0.370. The van der Waals surface area contributed by atoms with E-state index in [0.29, 0.717) is 48.2 Å². The maximum absolute atomic E-state index is 12.7. The minimum Gasteiger partial charge on any atom is -0.493 e. The molecule has 2 aromatic carbocycles. The number of aromatic nitrogens is 1. The first-order valence-electron chi connectivity index (χ1n) is 11.2. The number of oxazole rings is 1. The van der Waals surface area contributed by atoms with Crippen molar-refractivity contribution in [3.63, 3.8) is 0 Å². The zero-order valence-electron chi connectivity index (χ0n) is 18.6. The molecule has 1 aliphatic rings. The average molecular weight is 436 g/mol. The smallest absolute Gasteiger partial charge is 0.226 e. The summed E-state index contributed by atoms with van der Waals surface area (Å²) in [5, 5.41) is 0. The number of ketones is 1. The third-order valence-corrected chi connectivity index (χ3v) is 5.65. The van der Waals surface area contributed by atoms with E-state index in [4.69, 9.17) is 18.6 Å². The number of para-hydroxylation sites is 1. The molecule has 0 amide bonds. The first-order chi connectivity index (χ1) is 15.7. The highest BCUT2D eigenvalue weighted by atomic mass is 16.5. The Morgan fingerprint density at radius 1 is 1.09 bits per heavy atom. The monoisotopic (exact) mass is 435 g/mol. The summed E-state index contributed by atoms with van der Waals surface area (Å²) in [6.07, 6.45) is 7.18.